The molecule has 1 aliphatic heterocycles. The summed E-state index contributed by atoms with van der Waals surface area (Å²) < 4.78 is 0. The normalized spacial score (nSPS) is 23.8. The Morgan fingerprint density at radius 2 is 1.70 bits per heavy atom. The van der Waals surface area contributed by atoms with Crippen LogP contribution in [-0.4, -0.2) is 33.8 Å². The van der Waals surface area contributed by atoms with Crippen molar-refractivity contribution in [1.82, 2.24) is 5.06 Å². The maximum atomic E-state index is 12.3. The van der Waals surface area contributed by atoms with Gasteiger partial charge in [-0.2, -0.15) is 11.8 Å². The average molecular weight is 333 g/mol. The summed E-state index contributed by atoms with van der Waals surface area (Å²) in [5, 5.41) is 1.21. The third-order valence-electron chi connectivity index (χ3n) is 4.35. The van der Waals surface area contributed by atoms with Crippen LogP contribution in [0, 0.1) is 5.92 Å². The number of imide groups is 1. The number of hydrogen-bond donors (Lipinski definition) is 0. The zero-order valence-corrected chi connectivity index (χ0v) is 13.8. The molecular formula is C17H19NO4S. The summed E-state index contributed by atoms with van der Waals surface area (Å²) in [5.41, 5.74) is 0.571. The first-order valence-electron chi connectivity index (χ1n) is 7.93. The van der Waals surface area contributed by atoms with Crippen LogP contribution in [0.1, 0.15) is 53.3 Å². The lowest BCUT2D eigenvalue weighted by Gasteiger charge is -2.27. The second kappa shape index (κ2) is 6.74. The number of benzene rings is 1. The minimum absolute atomic E-state index is 0.229. The van der Waals surface area contributed by atoms with E-state index in [0.717, 1.165) is 31.4 Å². The first-order chi connectivity index (χ1) is 11.1. The molecule has 0 unspecified atom stereocenters. The highest BCUT2D eigenvalue weighted by Crippen LogP contribution is 2.33. The molecule has 3 rings (SSSR count). The quantitative estimate of drug-likeness (QED) is 0.793. The van der Waals surface area contributed by atoms with E-state index in [4.69, 9.17) is 4.84 Å². The highest BCUT2D eigenvalue weighted by atomic mass is 32.2. The lowest BCUT2D eigenvalue weighted by atomic mass is 9.89. The molecule has 0 atom stereocenters. The SMILES string of the molecule is CCSC1CCC(C(=O)ON2C(=O)c3ccccc3C2=O)CC1. The van der Waals surface area contributed by atoms with Gasteiger partial charge in [-0.05, 0) is 43.6 Å². The van der Waals surface area contributed by atoms with Crippen LogP contribution in [0.25, 0.3) is 0 Å². The summed E-state index contributed by atoms with van der Waals surface area (Å²) in [5.74, 6) is -0.745. The summed E-state index contributed by atoms with van der Waals surface area (Å²) in [4.78, 5) is 41.8. The molecule has 5 nitrogen and oxygen atoms in total. The second-order valence-electron chi connectivity index (χ2n) is 5.79. The molecule has 122 valence electrons. The first kappa shape index (κ1) is 16.1. The molecule has 2 amide bonds. The van der Waals surface area contributed by atoms with Crippen LogP contribution in [0.15, 0.2) is 24.3 Å². The number of thioether (sulfide) groups is 1. The molecule has 0 bridgehead atoms. The van der Waals surface area contributed by atoms with Crippen molar-refractivity contribution in [2.75, 3.05) is 5.75 Å². The van der Waals surface area contributed by atoms with E-state index in [1.807, 2.05) is 11.8 Å². The van der Waals surface area contributed by atoms with Gasteiger partial charge in [0.25, 0.3) is 11.8 Å². The van der Waals surface area contributed by atoms with E-state index < -0.39 is 17.8 Å². The highest BCUT2D eigenvalue weighted by molar-refractivity contribution is 7.99. The van der Waals surface area contributed by atoms with Crippen molar-refractivity contribution in [3.63, 3.8) is 0 Å². The van der Waals surface area contributed by atoms with Gasteiger partial charge < -0.3 is 4.84 Å². The summed E-state index contributed by atoms with van der Waals surface area (Å²) in [6, 6.07) is 6.50. The van der Waals surface area contributed by atoms with E-state index in [9.17, 15) is 14.4 Å². The van der Waals surface area contributed by atoms with E-state index in [0.29, 0.717) is 10.3 Å². The molecule has 23 heavy (non-hydrogen) atoms. The molecule has 0 spiro atoms. The molecule has 1 aromatic carbocycles. The largest absolute Gasteiger partial charge is 0.336 e. The average Bonchev–Trinajstić information content (AvgIpc) is 2.81. The number of rotatable bonds is 4. The van der Waals surface area contributed by atoms with Gasteiger partial charge in [0, 0.05) is 5.25 Å². The second-order valence-corrected chi connectivity index (χ2v) is 7.37. The predicted molar refractivity (Wildman–Crippen MR) is 86.9 cm³/mol. The lowest BCUT2D eigenvalue weighted by Crippen LogP contribution is -2.36. The third kappa shape index (κ3) is 3.13. The molecule has 0 radical (unpaired) electrons. The number of fused-ring (bicyclic) bond motifs is 1. The van der Waals surface area contributed by atoms with Gasteiger partial charge in [0.05, 0.1) is 17.0 Å². The minimum Gasteiger partial charge on any atom is -0.329 e. The van der Waals surface area contributed by atoms with Crippen molar-refractivity contribution >= 4 is 29.5 Å². The third-order valence-corrected chi connectivity index (χ3v) is 5.62. The fraction of sp³-hybridized carbons (Fsp3) is 0.471. The number of amides is 2. The molecular weight excluding hydrogens is 314 g/mol. The van der Waals surface area contributed by atoms with Crippen LogP contribution in [0.2, 0.25) is 0 Å². The lowest BCUT2D eigenvalue weighted by molar-refractivity contribution is -0.174. The van der Waals surface area contributed by atoms with E-state index >= 15 is 0 Å². The smallest absolute Gasteiger partial charge is 0.329 e. The molecule has 1 aliphatic carbocycles. The topological polar surface area (TPSA) is 63.7 Å². The van der Waals surface area contributed by atoms with Gasteiger partial charge in [-0.3, -0.25) is 9.59 Å². The Morgan fingerprint density at radius 3 is 2.22 bits per heavy atom. The highest BCUT2D eigenvalue weighted by Gasteiger charge is 2.40. The fourth-order valence-corrected chi connectivity index (χ4v) is 4.19. The zero-order chi connectivity index (χ0) is 16.4. The minimum atomic E-state index is -0.561. The van der Waals surface area contributed by atoms with Crippen LogP contribution in [0.4, 0.5) is 0 Å². The number of nitrogens with zero attached hydrogens (tertiary/aromatic N) is 1. The van der Waals surface area contributed by atoms with Gasteiger partial charge in [0.2, 0.25) is 0 Å². The Balaban J connectivity index is 1.61. The summed E-state index contributed by atoms with van der Waals surface area (Å²) in [7, 11) is 0. The molecule has 1 heterocycles. The van der Waals surface area contributed by atoms with Gasteiger partial charge in [-0.15, -0.1) is 0 Å². The summed E-state index contributed by atoms with van der Waals surface area (Å²) in [6.45, 7) is 2.13. The van der Waals surface area contributed by atoms with Crippen LogP contribution in [-0.2, 0) is 9.63 Å². The molecule has 0 saturated heterocycles. The van der Waals surface area contributed by atoms with E-state index in [1.54, 1.807) is 24.3 Å². The Morgan fingerprint density at radius 1 is 1.13 bits per heavy atom. The predicted octanol–water partition coefficient (Wildman–Crippen LogP) is 3.05. The van der Waals surface area contributed by atoms with Crippen molar-refractivity contribution in [2.24, 2.45) is 5.92 Å². The molecule has 1 fully saturated rings. The van der Waals surface area contributed by atoms with Gasteiger partial charge in [0.15, 0.2) is 0 Å². The zero-order valence-electron chi connectivity index (χ0n) is 13.0. The van der Waals surface area contributed by atoms with E-state index in [2.05, 4.69) is 6.92 Å². The fourth-order valence-electron chi connectivity index (χ4n) is 3.12. The first-order valence-corrected chi connectivity index (χ1v) is 8.98. The van der Waals surface area contributed by atoms with Crippen LogP contribution >= 0.6 is 11.8 Å². The maximum Gasteiger partial charge on any atom is 0.336 e. The molecule has 6 heteroatoms. The van der Waals surface area contributed by atoms with Crippen LogP contribution in [0.5, 0.6) is 0 Å². The van der Waals surface area contributed by atoms with Gasteiger partial charge >= 0.3 is 5.97 Å². The van der Waals surface area contributed by atoms with Crippen molar-refractivity contribution in [1.29, 1.82) is 0 Å². The Bertz CT molecular complexity index is 602. The van der Waals surface area contributed by atoms with E-state index in [1.165, 1.54) is 0 Å². The number of carbonyl (C=O) groups excluding carboxylic acids is 3. The van der Waals surface area contributed by atoms with Crippen molar-refractivity contribution in [3.8, 4) is 0 Å². The van der Waals surface area contributed by atoms with Crippen molar-refractivity contribution in [3.05, 3.63) is 35.4 Å². The van der Waals surface area contributed by atoms with Gasteiger partial charge in [-0.25, -0.2) is 4.79 Å². The van der Waals surface area contributed by atoms with Crippen molar-refractivity contribution < 1.29 is 19.2 Å². The number of hydrogen-bond acceptors (Lipinski definition) is 5. The van der Waals surface area contributed by atoms with Crippen molar-refractivity contribution in [2.45, 2.75) is 37.9 Å². The summed E-state index contributed by atoms with van der Waals surface area (Å²) in [6.07, 6.45) is 3.44. The monoisotopic (exact) mass is 333 g/mol. The molecule has 1 aromatic rings. The molecule has 1 saturated carbocycles. The Hall–Kier alpha value is -1.82. The Kier molecular flexibility index (Phi) is 4.71. The molecule has 0 N–H and O–H groups in total. The van der Waals surface area contributed by atoms with Gasteiger partial charge in [-0.1, -0.05) is 24.1 Å². The number of hydroxylamine groups is 2. The van der Waals surface area contributed by atoms with E-state index in [-0.39, 0.29) is 17.0 Å². The number of carbonyl (C=O) groups is 3. The van der Waals surface area contributed by atoms with Gasteiger partial charge in [0.1, 0.15) is 0 Å². The molecule has 0 aromatic heterocycles. The molecule has 2 aliphatic rings. The van der Waals surface area contributed by atoms with Crippen LogP contribution in [0.3, 0.4) is 0 Å². The maximum absolute atomic E-state index is 12.3. The van der Waals surface area contributed by atoms with Crippen LogP contribution < -0.4 is 0 Å². The Labute approximate surface area is 139 Å². The standard InChI is InChI=1S/C17H19NO4S/c1-2-23-12-9-7-11(8-10-12)17(21)22-18-15(19)13-5-3-4-6-14(13)16(18)20/h3-6,11-12H,2,7-10H2,1H3. The summed E-state index contributed by atoms with van der Waals surface area (Å²) >= 11 is 1.92.